The molecule has 0 bridgehead atoms. The molecule has 10 heteroatoms. The second-order valence-electron chi connectivity index (χ2n) is 7.40. The molecule has 8 nitrogen and oxygen atoms in total. The van der Waals surface area contributed by atoms with Crippen molar-refractivity contribution in [1.29, 1.82) is 0 Å². The number of nitrogens with zero attached hydrogens (tertiary/aromatic N) is 4. The molecule has 2 aromatic heterocycles. The standard InChI is InChI=1S/C22H21FN6O2S/c1-13-3-8-17(9-14(13)2)24-19(30)12-32-11-18-25-21-20(22(31)26-18)27-28-29(21)10-15-4-6-16(23)7-5-15/h3-9H,10-12H2,1-2H3,(H,24,30)(H,25,26,31). The average molecular weight is 453 g/mol. The van der Waals surface area contributed by atoms with Crippen LogP contribution < -0.4 is 10.9 Å². The molecule has 164 valence electrons. The Morgan fingerprint density at radius 3 is 2.69 bits per heavy atom. The van der Waals surface area contributed by atoms with Gasteiger partial charge in [-0.15, -0.1) is 16.9 Å². The third kappa shape index (κ3) is 5.02. The molecule has 0 fully saturated rings. The van der Waals surface area contributed by atoms with Crippen molar-refractivity contribution < 1.29 is 9.18 Å². The number of fused-ring (bicyclic) bond motifs is 1. The molecule has 0 aliphatic rings. The van der Waals surface area contributed by atoms with Gasteiger partial charge in [0.1, 0.15) is 11.6 Å². The Hall–Kier alpha value is -3.53. The van der Waals surface area contributed by atoms with E-state index in [-0.39, 0.29) is 23.0 Å². The van der Waals surface area contributed by atoms with Gasteiger partial charge in [-0.3, -0.25) is 9.59 Å². The van der Waals surface area contributed by atoms with Crippen LogP contribution in [-0.4, -0.2) is 36.6 Å². The number of hydrogen-bond acceptors (Lipinski definition) is 6. The third-order valence-electron chi connectivity index (χ3n) is 4.93. The maximum Gasteiger partial charge on any atom is 0.281 e. The van der Waals surface area contributed by atoms with Crippen LogP contribution in [0.25, 0.3) is 11.2 Å². The number of aromatic nitrogens is 5. The van der Waals surface area contributed by atoms with Crippen LogP contribution in [0.5, 0.6) is 0 Å². The largest absolute Gasteiger partial charge is 0.325 e. The topological polar surface area (TPSA) is 106 Å². The van der Waals surface area contributed by atoms with Crippen LogP contribution in [0.1, 0.15) is 22.5 Å². The van der Waals surface area contributed by atoms with Gasteiger partial charge in [0.25, 0.3) is 5.56 Å². The first-order valence-corrected chi connectivity index (χ1v) is 11.1. The molecular formula is C22H21FN6O2S. The van der Waals surface area contributed by atoms with E-state index in [2.05, 4.69) is 25.6 Å². The summed E-state index contributed by atoms with van der Waals surface area (Å²) >= 11 is 1.34. The van der Waals surface area contributed by atoms with Gasteiger partial charge in [-0.1, -0.05) is 23.4 Å². The normalized spacial score (nSPS) is 11.1. The number of carbonyl (C=O) groups excluding carboxylic acids is 1. The highest BCUT2D eigenvalue weighted by atomic mass is 32.2. The van der Waals surface area contributed by atoms with Crippen LogP contribution in [0.4, 0.5) is 10.1 Å². The number of benzene rings is 2. The fraction of sp³-hybridized carbons (Fsp3) is 0.227. The number of aryl methyl sites for hydroxylation is 2. The summed E-state index contributed by atoms with van der Waals surface area (Å²) in [6.45, 7) is 4.31. The lowest BCUT2D eigenvalue weighted by molar-refractivity contribution is -0.113. The number of thioether (sulfide) groups is 1. The quantitative estimate of drug-likeness (QED) is 0.446. The van der Waals surface area contributed by atoms with Crippen LogP contribution in [0.3, 0.4) is 0 Å². The van der Waals surface area contributed by atoms with E-state index in [0.717, 1.165) is 22.4 Å². The summed E-state index contributed by atoms with van der Waals surface area (Å²) in [4.78, 5) is 31.8. The molecule has 0 spiro atoms. The first-order chi connectivity index (χ1) is 15.4. The van der Waals surface area contributed by atoms with Crippen LogP contribution in [0, 0.1) is 19.7 Å². The molecule has 0 aliphatic carbocycles. The van der Waals surface area contributed by atoms with Crippen molar-refractivity contribution in [3.8, 4) is 0 Å². The zero-order valence-corrected chi connectivity index (χ0v) is 18.4. The molecule has 2 N–H and O–H groups in total. The van der Waals surface area contributed by atoms with Crippen molar-refractivity contribution in [3.63, 3.8) is 0 Å². The predicted molar refractivity (Wildman–Crippen MR) is 122 cm³/mol. The minimum atomic E-state index is -0.393. The molecule has 2 aromatic carbocycles. The van der Waals surface area contributed by atoms with E-state index in [4.69, 9.17) is 0 Å². The molecule has 4 aromatic rings. The van der Waals surface area contributed by atoms with Crippen molar-refractivity contribution in [1.82, 2.24) is 25.0 Å². The lowest BCUT2D eigenvalue weighted by Crippen LogP contribution is -2.16. The van der Waals surface area contributed by atoms with Crippen LogP contribution in [-0.2, 0) is 17.1 Å². The molecule has 0 unspecified atom stereocenters. The predicted octanol–water partition coefficient (Wildman–Crippen LogP) is 3.19. The number of rotatable bonds is 7. The lowest BCUT2D eigenvalue weighted by Gasteiger charge is -2.07. The monoisotopic (exact) mass is 452 g/mol. The minimum Gasteiger partial charge on any atom is -0.325 e. The van der Waals surface area contributed by atoms with Gasteiger partial charge in [0.2, 0.25) is 5.91 Å². The summed E-state index contributed by atoms with van der Waals surface area (Å²) in [5, 5.41) is 10.8. The Morgan fingerprint density at radius 1 is 1.16 bits per heavy atom. The summed E-state index contributed by atoms with van der Waals surface area (Å²) in [5.41, 5.74) is 3.91. The second-order valence-corrected chi connectivity index (χ2v) is 8.38. The molecule has 0 saturated carbocycles. The van der Waals surface area contributed by atoms with Crippen molar-refractivity contribution in [2.45, 2.75) is 26.1 Å². The Labute approximate surface area is 187 Å². The number of hydrogen-bond donors (Lipinski definition) is 2. The Balaban J connectivity index is 1.41. The van der Waals surface area contributed by atoms with E-state index < -0.39 is 5.56 Å². The average Bonchev–Trinajstić information content (AvgIpc) is 3.16. The summed E-state index contributed by atoms with van der Waals surface area (Å²) < 4.78 is 14.6. The summed E-state index contributed by atoms with van der Waals surface area (Å²) in [6.07, 6.45) is 0. The van der Waals surface area contributed by atoms with Crippen LogP contribution in [0.15, 0.2) is 47.3 Å². The van der Waals surface area contributed by atoms with Gasteiger partial charge in [0.15, 0.2) is 11.2 Å². The Kier molecular flexibility index (Phi) is 6.31. The van der Waals surface area contributed by atoms with Gasteiger partial charge in [-0.05, 0) is 54.8 Å². The summed E-state index contributed by atoms with van der Waals surface area (Å²) in [6, 6.07) is 11.8. The smallest absolute Gasteiger partial charge is 0.281 e. The number of H-pyrrole nitrogens is 1. The van der Waals surface area contributed by atoms with Gasteiger partial charge in [0.05, 0.1) is 18.1 Å². The van der Waals surface area contributed by atoms with E-state index in [0.29, 0.717) is 23.8 Å². The van der Waals surface area contributed by atoms with E-state index in [1.807, 2.05) is 32.0 Å². The first kappa shape index (κ1) is 21.7. The summed E-state index contributed by atoms with van der Waals surface area (Å²) in [5.74, 6) is 0.515. The SMILES string of the molecule is Cc1ccc(NC(=O)CSCc2nc3c(nnn3Cc3ccc(F)cc3)c(=O)[nH]2)cc1C. The zero-order valence-electron chi connectivity index (χ0n) is 17.6. The number of carbonyl (C=O) groups is 1. The van der Waals surface area contributed by atoms with Crippen molar-refractivity contribution in [2.75, 3.05) is 11.1 Å². The Bertz CT molecular complexity index is 1330. The second kappa shape index (κ2) is 9.31. The van der Waals surface area contributed by atoms with E-state index >= 15 is 0 Å². The fourth-order valence-electron chi connectivity index (χ4n) is 3.11. The molecule has 1 amide bonds. The van der Waals surface area contributed by atoms with Crippen molar-refractivity contribution in [2.24, 2.45) is 0 Å². The summed E-state index contributed by atoms with van der Waals surface area (Å²) in [7, 11) is 0. The van der Waals surface area contributed by atoms with E-state index in [1.165, 1.54) is 28.6 Å². The van der Waals surface area contributed by atoms with Gasteiger partial charge in [-0.25, -0.2) is 14.1 Å². The van der Waals surface area contributed by atoms with Crippen LogP contribution >= 0.6 is 11.8 Å². The highest BCUT2D eigenvalue weighted by molar-refractivity contribution is 7.99. The number of nitrogens with one attached hydrogen (secondary N) is 2. The fourth-order valence-corrected chi connectivity index (χ4v) is 3.80. The third-order valence-corrected chi connectivity index (χ3v) is 5.87. The van der Waals surface area contributed by atoms with Crippen LogP contribution in [0.2, 0.25) is 0 Å². The van der Waals surface area contributed by atoms with Crippen molar-refractivity contribution in [3.05, 3.63) is 81.2 Å². The Morgan fingerprint density at radius 2 is 1.94 bits per heavy atom. The van der Waals surface area contributed by atoms with Gasteiger partial charge >= 0.3 is 0 Å². The minimum absolute atomic E-state index is 0.133. The first-order valence-electron chi connectivity index (χ1n) is 9.91. The lowest BCUT2D eigenvalue weighted by atomic mass is 10.1. The number of aromatic amines is 1. The molecule has 4 rings (SSSR count). The molecule has 0 saturated heterocycles. The highest BCUT2D eigenvalue weighted by Crippen LogP contribution is 2.16. The van der Waals surface area contributed by atoms with E-state index in [1.54, 1.807) is 12.1 Å². The molecule has 0 radical (unpaired) electrons. The number of anilines is 1. The van der Waals surface area contributed by atoms with Gasteiger partial charge in [-0.2, -0.15) is 0 Å². The number of amides is 1. The molecular weight excluding hydrogens is 431 g/mol. The molecule has 32 heavy (non-hydrogen) atoms. The van der Waals surface area contributed by atoms with Gasteiger partial charge < -0.3 is 10.3 Å². The molecule has 2 heterocycles. The maximum atomic E-state index is 13.1. The maximum absolute atomic E-state index is 13.1. The number of halogens is 1. The highest BCUT2D eigenvalue weighted by Gasteiger charge is 2.13. The van der Waals surface area contributed by atoms with Crippen molar-refractivity contribution >= 4 is 34.5 Å². The molecule has 0 aliphatic heterocycles. The molecule has 0 atom stereocenters. The zero-order chi connectivity index (χ0) is 22.7. The van der Waals surface area contributed by atoms with E-state index in [9.17, 15) is 14.0 Å². The van der Waals surface area contributed by atoms with Gasteiger partial charge in [0, 0.05) is 5.69 Å².